The lowest BCUT2D eigenvalue weighted by Gasteiger charge is -2.31. The number of carbonyl (C=O) groups is 2. The molecule has 3 aromatic rings. The molecule has 0 bridgehead atoms. The van der Waals surface area contributed by atoms with Crippen LogP contribution in [-0.4, -0.2) is 43.5 Å². The van der Waals surface area contributed by atoms with Crippen LogP contribution < -0.4 is 14.8 Å². The Kier molecular flexibility index (Phi) is 10.4. The molecule has 2 amide bonds. The molecule has 190 valence electrons. The fourth-order valence-corrected chi connectivity index (χ4v) is 4.33. The number of carbonyl (C=O) groups excluding carboxylic acids is 2. The van der Waals surface area contributed by atoms with E-state index in [0.717, 1.165) is 21.2 Å². The summed E-state index contributed by atoms with van der Waals surface area (Å²) in [6.45, 7) is 2.72. The maximum absolute atomic E-state index is 13.7. The van der Waals surface area contributed by atoms with Crippen molar-refractivity contribution < 1.29 is 19.1 Å². The number of hydrogen-bond acceptors (Lipinski definition) is 4. The first-order valence-electron chi connectivity index (χ1n) is 12.0. The summed E-state index contributed by atoms with van der Waals surface area (Å²) in [6.07, 6.45) is 1.21. The van der Waals surface area contributed by atoms with E-state index in [4.69, 9.17) is 9.47 Å². The molecule has 0 heterocycles. The standard InChI is InChI=1S/C29H33BrN2O4/c1-4-31-29(34)25(18-21-8-6-5-7-9-21)32(20-23-10-14-24(30)15-11-23)28(33)17-13-22-12-16-26(35-2)27(19-22)36-3/h5-12,14-16,19,25H,4,13,17-18,20H2,1-3H3,(H,31,34)/t25-/m1/s1. The molecule has 0 aliphatic rings. The molecule has 7 heteroatoms. The van der Waals surface area contributed by atoms with Crippen LogP contribution in [0.2, 0.25) is 0 Å². The quantitative estimate of drug-likeness (QED) is 0.336. The van der Waals surface area contributed by atoms with Gasteiger partial charge in [-0.25, -0.2) is 0 Å². The van der Waals surface area contributed by atoms with Crippen LogP contribution >= 0.6 is 15.9 Å². The summed E-state index contributed by atoms with van der Waals surface area (Å²) in [5.74, 6) is 1.03. The number of hydrogen-bond donors (Lipinski definition) is 1. The van der Waals surface area contributed by atoms with Crippen LogP contribution in [0.1, 0.15) is 30.0 Å². The molecule has 0 aliphatic heterocycles. The van der Waals surface area contributed by atoms with Crippen LogP contribution in [0.25, 0.3) is 0 Å². The summed E-state index contributed by atoms with van der Waals surface area (Å²) in [4.78, 5) is 28.6. The summed E-state index contributed by atoms with van der Waals surface area (Å²) in [5, 5.41) is 2.93. The third-order valence-corrected chi connectivity index (χ3v) is 6.49. The molecule has 0 saturated carbocycles. The molecule has 0 saturated heterocycles. The molecule has 3 rings (SSSR count). The Bertz CT molecular complexity index is 1140. The second-order valence-electron chi connectivity index (χ2n) is 8.44. The molecule has 3 aromatic carbocycles. The van der Waals surface area contributed by atoms with Crippen molar-refractivity contribution in [2.75, 3.05) is 20.8 Å². The number of aryl methyl sites for hydroxylation is 1. The largest absolute Gasteiger partial charge is 0.493 e. The normalized spacial score (nSPS) is 11.4. The number of nitrogens with one attached hydrogen (secondary N) is 1. The van der Waals surface area contributed by atoms with Crippen LogP contribution in [0.5, 0.6) is 11.5 Å². The fourth-order valence-electron chi connectivity index (χ4n) is 4.06. The topological polar surface area (TPSA) is 67.9 Å². The highest BCUT2D eigenvalue weighted by Crippen LogP contribution is 2.28. The lowest BCUT2D eigenvalue weighted by molar-refractivity contribution is -0.141. The number of ether oxygens (including phenoxy) is 2. The van der Waals surface area contributed by atoms with Crippen molar-refractivity contribution in [1.29, 1.82) is 0 Å². The van der Waals surface area contributed by atoms with Gasteiger partial charge in [-0.1, -0.05) is 64.5 Å². The summed E-state index contributed by atoms with van der Waals surface area (Å²) in [5.41, 5.74) is 2.92. The van der Waals surface area contributed by atoms with Crippen molar-refractivity contribution in [2.24, 2.45) is 0 Å². The van der Waals surface area contributed by atoms with Gasteiger partial charge >= 0.3 is 0 Å². The van der Waals surface area contributed by atoms with Gasteiger partial charge in [-0.15, -0.1) is 0 Å². The highest BCUT2D eigenvalue weighted by atomic mass is 79.9. The average molecular weight is 553 g/mol. The number of benzene rings is 3. The second-order valence-corrected chi connectivity index (χ2v) is 9.35. The molecule has 36 heavy (non-hydrogen) atoms. The summed E-state index contributed by atoms with van der Waals surface area (Å²) < 4.78 is 11.7. The Morgan fingerprint density at radius 1 is 0.889 bits per heavy atom. The smallest absolute Gasteiger partial charge is 0.243 e. The fraction of sp³-hybridized carbons (Fsp3) is 0.310. The predicted octanol–water partition coefficient (Wildman–Crippen LogP) is 5.18. The van der Waals surface area contributed by atoms with Crippen LogP contribution in [0.15, 0.2) is 77.3 Å². The average Bonchev–Trinajstić information content (AvgIpc) is 2.90. The van der Waals surface area contributed by atoms with E-state index in [1.807, 2.05) is 79.7 Å². The number of methoxy groups -OCH3 is 2. The van der Waals surface area contributed by atoms with Gasteiger partial charge in [0.2, 0.25) is 11.8 Å². The summed E-state index contributed by atoms with van der Waals surface area (Å²) in [7, 11) is 3.18. The van der Waals surface area contributed by atoms with E-state index in [1.165, 1.54) is 0 Å². The SMILES string of the molecule is CCNC(=O)[C@@H](Cc1ccccc1)N(Cc1ccc(Br)cc1)C(=O)CCc1ccc(OC)c(OC)c1. The van der Waals surface area contributed by atoms with Gasteiger partial charge < -0.3 is 19.7 Å². The molecular weight excluding hydrogens is 520 g/mol. The molecule has 0 aromatic heterocycles. The van der Waals surface area contributed by atoms with Crippen molar-refractivity contribution in [3.8, 4) is 11.5 Å². The maximum atomic E-state index is 13.7. The van der Waals surface area contributed by atoms with E-state index < -0.39 is 6.04 Å². The Morgan fingerprint density at radius 2 is 1.56 bits per heavy atom. The van der Waals surface area contributed by atoms with Gasteiger partial charge in [0.25, 0.3) is 0 Å². The monoisotopic (exact) mass is 552 g/mol. The van der Waals surface area contributed by atoms with E-state index in [-0.39, 0.29) is 18.2 Å². The number of nitrogens with zero attached hydrogens (tertiary/aromatic N) is 1. The number of likely N-dealkylation sites (N-methyl/N-ethyl adjacent to an activating group) is 1. The molecule has 0 spiro atoms. The van der Waals surface area contributed by atoms with Gasteiger partial charge in [0.05, 0.1) is 14.2 Å². The van der Waals surface area contributed by atoms with Crippen LogP contribution in [0.4, 0.5) is 0 Å². The van der Waals surface area contributed by atoms with Crippen molar-refractivity contribution >= 4 is 27.7 Å². The Morgan fingerprint density at radius 3 is 2.19 bits per heavy atom. The third-order valence-electron chi connectivity index (χ3n) is 5.96. The minimum Gasteiger partial charge on any atom is -0.493 e. The van der Waals surface area contributed by atoms with Gasteiger partial charge in [0.1, 0.15) is 6.04 Å². The van der Waals surface area contributed by atoms with Crippen molar-refractivity contribution in [3.05, 3.63) is 94.0 Å². The molecule has 0 radical (unpaired) electrons. The van der Waals surface area contributed by atoms with Crippen molar-refractivity contribution in [1.82, 2.24) is 10.2 Å². The van der Waals surface area contributed by atoms with E-state index in [0.29, 0.717) is 37.4 Å². The Balaban J connectivity index is 1.87. The molecule has 0 unspecified atom stereocenters. The molecule has 6 nitrogen and oxygen atoms in total. The molecule has 0 aliphatic carbocycles. The number of halogens is 1. The maximum Gasteiger partial charge on any atom is 0.243 e. The second kappa shape index (κ2) is 13.7. The molecular formula is C29H33BrN2O4. The first kappa shape index (κ1) is 27.3. The van der Waals surface area contributed by atoms with Crippen molar-refractivity contribution in [2.45, 2.75) is 38.8 Å². The first-order valence-corrected chi connectivity index (χ1v) is 12.8. The number of rotatable bonds is 12. The van der Waals surface area contributed by atoms with Gasteiger partial charge in [-0.05, 0) is 54.3 Å². The first-order chi connectivity index (χ1) is 17.4. The van der Waals surface area contributed by atoms with Crippen LogP contribution in [-0.2, 0) is 29.0 Å². The van der Waals surface area contributed by atoms with Gasteiger partial charge in [0, 0.05) is 30.4 Å². The van der Waals surface area contributed by atoms with E-state index in [2.05, 4.69) is 21.2 Å². The van der Waals surface area contributed by atoms with E-state index in [1.54, 1.807) is 19.1 Å². The van der Waals surface area contributed by atoms with Gasteiger partial charge in [-0.2, -0.15) is 0 Å². The minimum atomic E-state index is -0.631. The highest BCUT2D eigenvalue weighted by Gasteiger charge is 2.30. The predicted molar refractivity (Wildman–Crippen MR) is 145 cm³/mol. The lowest BCUT2D eigenvalue weighted by Crippen LogP contribution is -2.50. The van der Waals surface area contributed by atoms with E-state index in [9.17, 15) is 9.59 Å². The minimum absolute atomic E-state index is 0.0834. The van der Waals surface area contributed by atoms with Crippen LogP contribution in [0, 0.1) is 0 Å². The molecule has 0 fully saturated rings. The molecule has 1 N–H and O–H groups in total. The van der Waals surface area contributed by atoms with Gasteiger partial charge in [0.15, 0.2) is 11.5 Å². The Labute approximate surface area is 221 Å². The number of amides is 2. The summed E-state index contributed by atoms with van der Waals surface area (Å²) in [6, 6.07) is 22.7. The van der Waals surface area contributed by atoms with Crippen LogP contribution in [0.3, 0.4) is 0 Å². The highest BCUT2D eigenvalue weighted by molar-refractivity contribution is 9.10. The third kappa shape index (κ3) is 7.59. The zero-order chi connectivity index (χ0) is 25.9. The zero-order valence-corrected chi connectivity index (χ0v) is 22.6. The summed E-state index contributed by atoms with van der Waals surface area (Å²) >= 11 is 3.47. The Hall–Kier alpha value is -3.32. The van der Waals surface area contributed by atoms with Gasteiger partial charge in [-0.3, -0.25) is 9.59 Å². The lowest BCUT2D eigenvalue weighted by atomic mass is 10.0. The molecule has 1 atom stereocenters. The zero-order valence-electron chi connectivity index (χ0n) is 21.0. The van der Waals surface area contributed by atoms with E-state index >= 15 is 0 Å². The van der Waals surface area contributed by atoms with Crippen molar-refractivity contribution in [3.63, 3.8) is 0 Å².